The quantitative estimate of drug-likeness (QED) is 0.540. The van der Waals surface area contributed by atoms with Gasteiger partial charge in [-0.3, -0.25) is 9.97 Å². The molecule has 2 aliphatic heterocycles. The van der Waals surface area contributed by atoms with Gasteiger partial charge in [-0.15, -0.1) is 0 Å². The molecule has 1 saturated heterocycles. The van der Waals surface area contributed by atoms with E-state index < -0.39 is 0 Å². The van der Waals surface area contributed by atoms with Gasteiger partial charge in [0, 0.05) is 30.7 Å². The molecule has 1 N–H and O–H groups in total. The SMILES string of the molecule is CC1=CC(C)(C)N(C)c2ccc([C@H]3[C@@H](c4ccccn4)NC(=S)N3Cc3ccccn3)cc21. The van der Waals surface area contributed by atoms with Gasteiger partial charge in [0.05, 0.1) is 35.6 Å². The molecule has 0 aliphatic carbocycles. The molecule has 168 valence electrons. The van der Waals surface area contributed by atoms with Crippen LogP contribution in [0.25, 0.3) is 5.57 Å². The lowest BCUT2D eigenvalue weighted by Crippen LogP contribution is -2.42. The number of benzene rings is 1. The number of allylic oxidation sites excluding steroid dienone is 1. The first-order chi connectivity index (χ1) is 15.8. The van der Waals surface area contributed by atoms with Crippen molar-refractivity contribution in [2.45, 2.75) is 44.9 Å². The molecule has 5 nitrogen and oxygen atoms in total. The highest BCUT2D eigenvalue weighted by molar-refractivity contribution is 7.80. The third-order valence-electron chi connectivity index (χ3n) is 6.84. The number of likely N-dealkylation sites (N-methyl/N-ethyl adjacent to an activating group) is 1. The molecule has 0 spiro atoms. The molecular weight excluding hydrogens is 426 g/mol. The molecule has 0 saturated carbocycles. The first kappa shape index (κ1) is 21.6. The van der Waals surface area contributed by atoms with Gasteiger partial charge in [0.2, 0.25) is 0 Å². The van der Waals surface area contributed by atoms with Crippen LogP contribution in [0.5, 0.6) is 0 Å². The van der Waals surface area contributed by atoms with E-state index >= 15 is 0 Å². The summed E-state index contributed by atoms with van der Waals surface area (Å²) >= 11 is 5.83. The summed E-state index contributed by atoms with van der Waals surface area (Å²) in [6.45, 7) is 7.34. The molecule has 0 unspecified atom stereocenters. The molecule has 2 atom stereocenters. The van der Waals surface area contributed by atoms with Crippen LogP contribution in [-0.2, 0) is 6.54 Å². The van der Waals surface area contributed by atoms with Gasteiger partial charge in [-0.05, 0) is 80.5 Å². The number of fused-ring (bicyclic) bond motifs is 1. The number of pyridine rings is 2. The second kappa shape index (κ2) is 8.27. The predicted octanol–water partition coefficient (Wildman–Crippen LogP) is 5.28. The van der Waals surface area contributed by atoms with Crippen molar-refractivity contribution in [3.05, 3.63) is 95.6 Å². The van der Waals surface area contributed by atoms with Gasteiger partial charge in [0.15, 0.2) is 5.11 Å². The third kappa shape index (κ3) is 3.89. The summed E-state index contributed by atoms with van der Waals surface area (Å²) in [7, 11) is 2.16. The Kier molecular flexibility index (Phi) is 5.41. The van der Waals surface area contributed by atoms with Crippen LogP contribution in [0.4, 0.5) is 5.69 Å². The van der Waals surface area contributed by atoms with Gasteiger partial charge >= 0.3 is 0 Å². The molecule has 2 aliphatic rings. The smallest absolute Gasteiger partial charge is 0.170 e. The van der Waals surface area contributed by atoms with Crippen LogP contribution in [0.2, 0.25) is 0 Å². The van der Waals surface area contributed by atoms with E-state index in [1.165, 1.54) is 22.4 Å². The maximum absolute atomic E-state index is 5.83. The summed E-state index contributed by atoms with van der Waals surface area (Å²) < 4.78 is 0. The molecule has 2 aromatic heterocycles. The van der Waals surface area contributed by atoms with Crippen molar-refractivity contribution in [2.75, 3.05) is 11.9 Å². The Morgan fingerprint density at radius 3 is 2.48 bits per heavy atom. The van der Waals surface area contributed by atoms with Crippen LogP contribution in [-0.4, -0.2) is 32.6 Å². The molecule has 0 radical (unpaired) electrons. The Morgan fingerprint density at radius 1 is 1.03 bits per heavy atom. The molecule has 3 aromatic rings. The molecule has 33 heavy (non-hydrogen) atoms. The lowest BCUT2D eigenvalue weighted by molar-refractivity contribution is 0.308. The van der Waals surface area contributed by atoms with E-state index in [2.05, 4.69) is 83.2 Å². The van der Waals surface area contributed by atoms with Crippen LogP contribution < -0.4 is 10.2 Å². The van der Waals surface area contributed by atoms with Gasteiger partial charge in [-0.25, -0.2) is 0 Å². The van der Waals surface area contributed by atoms with E-state index in [1.54, 1.807) is 0 Å². The number of nitrogens with zero attached hydrogens (tertiary/aromatic N) is 4. The first-order valence-corrected chi connectivity index (χ1v) is 11.7. The Balaban J connectivity index is 1.60. The average molecular weight is 456 g/mol. The molecular formula is C27H29N5S. The first-order valence-electron chi connectivity index (χ1n) is 11.3. The summed E-state index contributed by atoms with van der Waals surface area (Å²) in [6.07, 6.45) is 6.02. The van der Waals surface area contributed by atoms with Gasteiger partial charge in [-0.1, -0.05) is 24.3 Å². The lowest BCUT2D eigenvalue weighted by atomic mass is 9.86. The number of thiocarbonyl (C=S) groups is 1. The van der Waals surface area contributed by atoms with Crippen molar-refractivity contribution in [3.8, 4) is 0 Å². The number of hydrogen-bond acceptors (Lipinski definition) is 4. The normalized spacial score (nSPS) is 21.5. The van der Waals surface area contributed by atoms with E-state index in [-0.39, 0.29) is 17.6 Å². The number of anilines is 1. The van der Waals surface area contributed by atoms with Gasteiger partial charge in [0.25, 0.3) is 0 Å². The fraction of sp³-hybridized carbons (Fsp3) is 0.296. The summed E-state index contributed by atoms with van der Waals surface area (Å²) in [5, 5.41) is 4.27. The van der Waals surface area contributed by atoms with Crippen molar-refractivity contribution in [2.24, 2.45) is 0 Å². The van der Waals surface area contributed by atoms with E-state index in [9.17, 15) is 0 Å². The molecule has 1 aromatic carbocycles. The minimum atomic E-state index is -0.0393. The molecule has 4 heterocycles. The molecule has 0 bridgehead atoms. The Labute approximate surface area is 201 Å². The zero-order valence-electron chi connectivity index (χ0n) is 19.5. The average Bonchev–Trinajstić information content (AvgIpc) is 3.14. The van der Waals surface area contributed by atoms with Crippen LogP contribution in [0, 0.1) is 0 Å². The van der Waals surface area contributed by atoms with Crippen LogP contribution >= 0.6 is 12.2 Å². The highest BCUT2D eigenvalue weighted by atomic mass is 32.1. The van der Waals surface area contributed by atoms with E-state index in [4.69, 9.17) is 12.2 Å². The minimum Gasteiger partial charge on any atom is -0.366 e. The Bertz CT molecular complexity index is 1210. The molecule has 1 fully saturated rings. The molecule has 5 rings (SSSR count). The number of aromatic nitrogens is 2. The fourth-order valence-corrected chi connectivity index (χ4v) is 5.27. The number of hydrogen-bond donors (Lipinski definition) is 1. The standard InChI is InChI=1S/C27H29N5S/c1-18-16-27(2,3)31(4)23-12-11-19(15-21(18)23)25-24(22-10-6-8-14-29-22)30-26(33)32(25)17-20-9-5-7-13-28-20/h5-16,24-25H,17H2,1-4H3,(H,30,33)/t24-,25+/m1/s1. The maximum Gasteiger partial charge on any atom is 0.170 e. The molecule has 0 amide bonds. The highest BCUT2D eigenvalue weighted by Gasteiger charge is 2.40. The van der Waals surface area contributed by atoms with Crippen LogP contribution in [0.3, 0.4) is 0 Å². The van der Waals surface area contributed by atoms with Gasteiger partial charge in [0.1, 0.15) is 0 Å². The fourth-order valence-electron chi connectivity index (χ4n) is 4.97. The predicted molar refractivity (Wildman–Crippen MR) is 138 cm³/mol. The largest absolute Gasteiger partial charge is 0.366 e. The lowest BCUT2D eigenvalue weighted by Gasteiger charge is -2.41. The van der Waals surface area contributed by atoms with Crippen LogP contribution in [0.15, 0.2) is 73.1 Å². The van der Waals surface area contributed by atoms with Crippen molar-refractivity contribution in [1.82, 2.24) is 20.2 Å². The zero-order chi connectivity index (χ0) is 23.2. The van der Waals surface area contributed by atoms with Crippen molar-refractivity contribution >= 4 is 28.6 Å². The maximum atomic E-state index is 5.83. The van der Waals surface area contributed by atoms with E-state index in [0.29, 0.717) is 6.54 Å². The second-order valence-electron chi connectivity index (χ2n) is 9.39. The zero-order valence-corrected chi connectivity index (χ0v) is 20.3. The van der Waals surface area contributed by atoms with Crippen molar-refractivity contribution < 1.29 is 0 Å². The minimum absolute atomic E-state index is 0.00717. The summed E-state index contributed by atoms with van der Waals surface area (Å²) in [5.41, 5.74) is 6.99. The highest BCUT2D eigenvalue weighted by Crippen LogP contribution is 2.43. The Morgan fingerprint density at radius 2 is 1.79 bits per heavy atom. The summed E-state index contributed by atoms with van der Waals surface area (Å²) in [5.74, 6) is 0. The van der Waals surface area contributed by atoms with Gasteiger partial charge < -0.3 is 15.1 Å². The second-order valence-corrected chi connectivity index (χ2v) is 9.78. The monoisotopic (exact) mass is 455 g/mol. The number of nitrogens with one attached hydrogen (secondary N) is 1. The summed E-state index contributed by atoms with van der Waals surface area (Å²) in [4.78, 5) is 13.8. The Hall–Kier alpha value is -3.25. The van der Waals surface area contributed by atoms with E-state index in [1.807, 2.05) is 42.7 Å². The van der Waals surface area contributed by atoms with E-state index in [0.717, 1.165) is 16.5 Å². The van der Waals surface area contributed by atoms with Crippen LogP contribution in [0.1, 0.15) is 55.4 Å². The van der Waals surface area contributed by atoms with Crippen molar-refractivity contribution in [1.29, 1.82) is 0 Å². The van der Waals surface area contributed by atoms with Gasteiger partial charge in [-0.2, -0.15) is 0 Å². The number of rotatable bonds is 4. The molecule has 6 heteroatoms. The third-order valence-corrected chi connectivity index (χ3v) is 7.19. The summed E-state index contributed by atoms with van der Waals surface area (Å²) in [6, 6.07) is 18.8. The topological polar surface area (TPSA) is 44.3 Å². The van der Waals surface area contributed by atoms with Crippen molar-refractivity contribution in [3.63, 3.8) is 0 Å².